The van der Waals surface area contributed by atoms with E-state index in [1.54, 1.807) is 0 Å². The summed E-state index contributed by atoms with van der Waals surface area (Å²) in [5.74, 6) is 0. The Morgan fingerprint density at radius 2 is 1.93 bits per heavy atom. The van der Waals surface area contributed by atoms with E-state index in [4.69, 9.17) is 9.29 Å². The second-order valence-electron chi connectivity index (χ2n) is 2.95. The molecular weight excluding hydrogens is 212 g/mol. The van der Waals surface area contributed by atoms with E-state index in [0.29, 0.717) is 0 Å². The Morgan fingerprint density at radius 3 is 2.29 bits per heavy atom. The Labute approximate surface area is 82.1 Å². The molecule has 0 aromatic carbocycles. The molecule has 0 aromatic heterocycles. The predicted molar refractivity (Wildman–Crippen MR) is 46.8 cm³/mol. The molecule has 1 heterocycles. The molecule has 1 fully saturated rings. The zero-order valence-electron chi connectivity index (χ0n) is 7.76. The summed E-state index contributed by atoms with van der Waals surface area (Å²) in [5, 5.41) is 2.22. The molecule has 0 radical (unpaired) electrons. The minimum absolute atomic E-state index is 0.0709. The van der Waals surface area contributed by atoms with E-state index in [9.17, 15) is 13.2 Å². The van der Waals surface area contributed by atoms with Crippen molar-refractivity contribution in [2.45, 2.75) is 0 Å². The molecule has 0 unspecified atom stereocenters. The molecule has 0 aliphatic carbocycles. The predicted octanol–water partition coefficient (Wildman–Crippen LogP) is -1.02. The normalized spacial score (nSPS) is 21.6. The molecule has 7 nitrogen and oxygen atoms in total. The highest BCUT2D eigenvalue weighted by Gasteiger charge is 2.49. The van der Waals surface area contributed by atoms with Gasteiger partial charge in [-0.05, 0) is 0 Å². The monoisotopic (exact) mass is 225 g/mol. The summed E-state index contributed by atoms with van der Waals surface area (Å²) in [6.45, 7) is 0.122. The van der Waals surface area contributed by atoms with Crippen LogP contribution in [-0.4, -0.2) is 56.2 Å². The van der Waals surface area contributed by atoms with Gasteiger partial charge in [0.2, 0.25) is 0 Å². The average molecular weight is 225 g/mol. The van der Waals surface area contributed by atoms with Gasteiger partial charge in [0.25, 0.3) is 0 Å². The number of carbonyl (C=O) groups excluding carboxylic acids is 1. The Morgan fingerprint density at radius 1 is 1.43 bits per heavy atom. The summed E-state index contributed by atoms with van der Waals surface area (Å²) >= 11 is 0. The molecule has 82 valence electrons. The van der Waals surface area contributed by atoms with Gasteiger partial charge in [0.05, 0.1) is 13.2 Å². The minimum Gasteiger partial charge on any atom is -0.370 e. The lowest BCUT2D eigenvalue weighted by atomic mass is 10.4. The molecule has 0 spiro atoms. The summed E-state index contributed by atoms with van der Waals surface area (Å²) in [6, 6.07) is -0.740. The van der Waals surface area contributed by atoms with E-state index in [1.165, 1.54) is 7.05 Å². The van der Waals surface area contributed by atoms with Crippen molar-refractivity contribution in [1.29, 1.82) is 0 Å². The lowest BCUT2D eigenvalue weighted by Crippen LogP contribution is -2.64. The fourth-order valence-corrected chi connectivity index (χ4v) is 2.29. The Bertz CT molecular complexity index is 319. The van der Waals surface area contributed by atoms with E-state index in [1.807, 2.05) is 0 Å². The van der Waals surface area contributed by atoms with Crippen LogP contribution >= 0.6 is 0 Å². The standard InChI is InChI=1S/C6H12N2O5S/c1-7-6(9)8(14(10,11)12)2-4-13-5-3-8/h2-5H2,1H3,(H-,7,9,10,11,12)/p+1. The number of morpholine rings is 1. The first-order valence-corrected chi connectivity index (χ1v) is 5.48. The van der Waals surface area contributed by atoms with Gasteiger partial charge in [0.15, 0.2) is 0 Å². The SMILES string of the molecule is CNC(=O)[N+]1(S(=O)(=O)O)CCOCC1. The lowest BCUT2D eigenvalue weighted by molar-refractivity contribution is -0.739. The summed E-state index contributed by atoms with van der Waals surface area (Å²) in [6.07, 6.45) is 0. The van der Waals surface area contributed by atoms with E-state index in [0.717, 1.165) is 0 Å². The summed E-state index contributed by atoms with van der Waals surface area (Å²) in [4.78, 5) is 11.4. The molecule has 2 amide bonds. The van der Waals surface area contributed by atoms with Crippen LogP contribution in [-0.2, 0) is 15.0 Å². The molecule has 0 aromatic rings. The van der Waals surface area contributed by atoms with Gasteiger partial charge in [-0.2, -0.15) is 0 Å². The van der Waals surface area contributed by atoms with Gasteiger partial charge in [0, 0.05) is 7.05 Å². The Hall–Kier alpha value is -0.700. The number of nitrogens with one attached hydrogen (secondary N) is 1. The van der Waals surface area contributed by atoms with E-state index in [2.05, 4.69) is 5.32 Å². The van der Waals surface area contributed by atoms with Crippen molar-refractivity contribution in [2.24, 2.45) is 0 Å². The maximum atomic E-state index is 11.4. The van der Waals surface area contributed by atoms with Gasteiger partial charge in [-0.1, -0.05) is 0 Å². The van der Waals surface area contributed by atoms with Crippen LogP contribution in [0.5, 0.6) is 0 Å². The van der Waals surface area contributed by atoms with Crippen molar-refractivity contribution in [3.05, 3.63) is 0 Å². The molecule has 8 heteroatoms. The zero-order chi connectivity index (χ0) is 10.8. The van der Waals surface area contributed by atoms with Crippen molar-refractivity contribution in [3.63, 3.8) is 0 Å². The van der Waals surface area contributed by atoms with Crippen LogP contribution in [0.1, 0.15) is 0 Å². The molecule has 14 heavy (non-hydrogen) atoms. The average Bonchev–Trinajstić information content (AvgIpc) is 2.16. The lowest BCUT2D eigenvalue weighted by Gasteiger charge is -2.33. The summed E-state index contributed by atoms with van der Waals surface area (Å²) in [5.41, 5.74) is 0. The first-order valence-electron chi connectivity index (χ1n) is 4.09. The number of ether oxygens (including phenoxy) is 1. The quantitative estimate of drug-likeness (QED) is 0.440. The minimum atomic E-state index is -4.45. The highest BCUT2D eigenvalue weighted by molar-refractivity contribution is 7.80. The number of amides is 2. The number of hydrogen-bond donors (Lipinski definition) is 2. The molecule has 1 saturated heterocycles. The van der Waals surface area contributed by atoms with E-state index in [-0.39, 0.29) is 26.3 Å². The summed E-state index contributed by atoms with van der Waals surface area (Å²) in [7, 11) is -3.13. The van der Waals surface area contributed by atoms with Crippen LogP contribution in [0.2, 0.25) is 0 Å². The van der Waals surface area contributed by atoms with Crippen molar-refractivity contribution in [2.75, 3.05) is 33.4 Å². The van der Waals surface area contributed by atoms with Crippen LogP contribution in [0.15, 0.2) is 0 Å². The van der Waals surface area contributed by atoms with Crippen LogP contribution in [0.4, 0.5) is 4.79 Å². The van der Waals surface area contributed by atoms with Crippen molar-refractivity contribution in [1.82, 2.24) is 5.32 Å². The second-order valence-corrected chi connectivity index (χ2v) is 4.55. The molecule has 1 aliphatic rings. The number of carbonyl (C=O) groups is 1. The van der Waals surface area contributed by atoms with Crippen molar-refractivity contribution >= 4 is 16.3 Å². The highest BCUT2D eigenvalue weighted by Crippen LogP contribution is 2.17. The van der Waals surface area contributed by atoms with E-state index >= 15 is 0 Å². The summed E-state index contributed by atoms with van der Waals surface area (Å²) < 4.78 is 35.2. The molecule has 2 N–H and O–H groups in total. The third-order valence-corrected chi connectivity index (χ3v) is 3.63. The molecule has 0 atom stereocenters. The first-order chi connectivity index (χ1) is 6.44. The topological polar surface area (TPSA) is 92.7 Å². The van der Waals surface area contributed by atoms with Crippen molar-refractivity contribution < 1.29 is 26.4 Å². The first kappa shape index (κ1) is 11.4. The molecule has 0 saturated carbocycles. The molecule has 1 aliphatic heterocycles. The largest absolute Gasteiger partial charge is 0.441 e. The molecular formula is C6H13N2O5S+. The Balaban J connectivity index is 3.07. The molecule has 0 bridgehead atoms. The smallest absolute Gasteiger partial charge is 0.370 e. The maximum Gasteiger partial charge on any atom is 0.441 e. The zero-order valence-corrected chi connectivity index (χ0v) is 8.58. The molecule has 1 rings (SSSR count). The third kappa shape index (κ3) is 1.73. The van der Waals surface area contributed by atoms with Gasteiger partial charge in [0.1, 0.15) is 13.1 Å². The van der Waals surface area contributed by atoms with Crippen LogP contribution in [0, 0.1) is 0 Å². The third-order valence-electron chi connectivity index (χ3n) is 2.22. The van der Waals surface area contributed by atoms with E-state index < -0.39 is 20.2 Å². The number of rotatable bonds is 1. The maximum absolute atomic E-state index is 11.4. The number of quaternary nitrogens is 1. The van der Waals surface area contributed by atoms with Crippen LogP contribution in [0.3, 0.4) is 0 Å². The van der Waals surface area contributed by atoms with Gasteiger partial charge < -0.3 is 10.1 Å². The fourth-order valence-electron chi connectivity index (χ4n) is 1.38. The Kier molecular flexibility index (Phi) is 3.10. The van der Waals surface area contributed by atoms with Crippen molar-refractivity contribution in [3.8, 4) is 0 Å². The second kappa shape index (κ2) is 3.81. The van der Waals surface area contributed by atoms with Gasteiger partial charge >= 0.3 is 16.3 Å². The number of hydrogen-bond acceptors (Lipinski definition) is 4. The van der Waals surface area contributed by atoms with Crippen LogP contribution in [0.25, 0.3) is 0 Å². The fraction of sp³-hybridized carbons (Fsp3) is 0.833. The van der Waals surface area contributed by atoms with Gasteiger partial charge in [-0.15, -0.1) is 12.3 Å². The van der Waals surface area contributed by atoms with Gasteiger partial charge in [-0.3, -0.25) is 0 Å². The van der Waals surface area contributed by atoms with Crippen LogP contribution < -0.4 is 5.32 Å². The highest BCUT2D eigenvalue weighted by atomic mass is 32.2. The van der Waals surface area contributed by atoms with Gasteiger partial charge in [-0.25, -0.2) is 9.35 Å². The number of nitrogens with zero attached hydrogens (tertiary/aromatic N) is 1. The number of urea groups is 1.